The smallest absolute Gasteiger partial charge is 0.171 e. The third kappa shape index (κ3) is 3.94. The van der Waals surface area contributed by atoms with Gasteiger partial charge in [-0.2, -0.15) is 11.8 Å². The van der Waals surface area contributed by atoms with Crippen LogP contribution in [0.4, 0.5) is 5.69 Å². The lowest BCUT2D eigenvalue weighted by atomic mass is 10.1. The van der Waals surface area contributed by atoms with Crippen LogP contribution >= 0.6 is 27.7 Å². The van der Waals surface area contributed by atoms with Crippen LogP contribution in [-0.2, 0) is 16.3 Å². The monoisotopic (exact) mass is 392 g/mol. The molecule has 1 unspecified atom stereocenters. The van der Waals surface area contributed by atoms with Gasteiger partial charge in [0.15, 0.2) is 9.84 Å². The molecule has 4 nitrogen and oxygen atoms in total. The molecule has 0 radical (unpaired) electrons. The van der Waals surface area contributed by atoms with Crippen molar-refractivity contribution >= 4 is 43.2 Å². The third-order valence-electron chi connectivity index (χ3n) is 3.66. The molecule has 2 N–H and O–H groups in total. The van der Waals surface area contributed by atoms with Gasteiger partial charge in [-0.05, 0) is 46.6 Å². The van der Waals surface area contributed by atoms with E-state index in [2.05, 4.69) is 15.9 Å². The van der Waals surface area contributed by atoms with Crippen LogP contribution in [-0.4, -0.2) is 44.1 Å². The number of nitrogens with two attached hydrogens (primary N) is 1. The molecule has 2 rings (SSSR count). The van der Waals surface area contributed by atoms with Gasteiger partial charge in [0.25, 0.3) is 0 Å². The van der Waals surface area contributed by atoms with E-state index < -0.39 is 15.2 Å². The van der Waals surface area contributed by atoms with Gasteiger partial charge < -0.3 is 10.6 Å². The first kappa shape index (κ1) is 17.1. The molecule has 1 aromatic rings. The minimum Gasteiger partial charge on any atom is -0.353 e. The van der Waals surface area contributed by atoms with Crippen molar-refractivity contribution in [3.8, 4) is 0 Å². The fourth-order valence-corrected chi connectivity index (χ4v) is 6.09. The van der Waals surface area contributed by atoms with E-state index in [1.54, 1.807) is 18.7 Å². The van der Waals surface area contributed by atoms with Gasteiger partial charge in [-0.25, -0.2) is 8.42 Å². The van der Waals surface area contributed by atoms with E-state index in [1.165, 1.54) is 0 Å². The van der Waals surface area contributed by atoms with Crippen LogP contribution < -0.4 is 10.6 Å². The number of hydrogen-bond donors (Lipinski definition) is 1. The molecule has 0 bridgehead atoms. The van der Waals surface area contributed by atoms with Gasteiger partial charge in [-0.1, -0.05) is 13.0 Å². The SMILES string of the molecule is CCS(=O)(=O)C1CSCCN1c1ccc(CCN)cc1Br. The second-order valence-corrected chi connectivity index (χ2v) is 9.45. The molecule has 1 fully saturated rings. The van der Waals surface area contributed by atoms with E-state index in [-0.39, 0.29) is 5.75 Å². The largest absolute Gasteiger partial charge is 0.353 e. The summed E-state index contributed by atoms with van der Waals surface area (Å²) in [6.45, 7) is 3.08. The predicted octanol–water partition coefficient (Wildman–Crippen LogP) is 2.26. The molecular formula is C14H21BrN2O2S2. The highest BCUT2D eigenvalue weighted by atomic mass is 79.9. The summed E-state index contributed by atoms with van der Waals surface area (Å²) >= 11 is 5.29. The maximum absolute atomic E-state index is 12.3. The Labute approximate surface area is 139 Å². The summed E-state index contributed by atoms with van der Waals surface area (Å²) in [7, 11) is -3.09. The Morgan fingerprint density at radius 3 is 2.86 bits per heavy atom. The van der Waals surface area contributed by atoms with Crippen molar-refractivity contribution in [2.45, 2.75) is 18.7 Å². The zero-order valence-electron chi connectivity index (χ0n) is 12.1. The van der Waals surface area contributed by atoms with Gasteiger partial charge in [-0.3, -0.25) is 0 Å². The predicted molar refractivity (Wildman–Crippen MR) is 94.8 cm³/mol. The summed E-state index contributed by atoms with van der Waals surface area (Å²) in [6.07, 6.45) is 0.825. The number of nitrogens with zero attached hydrogens (tertiary/aromatic N) is 1. The van der Waals surface area contributed by atoms with Gasteiger partial charge in [-0.15, -0.1) is 0 Å². The minimum atomic E-state index is -3.09. The van der Waals surface area contributed by atoms with Crippen LogP contribution in [0.1, 0.15) is 12.5 Å². The van der Waals surface area contributed by atoms with Crippen LogP contribution in [0.15, 0.2) is 22.7 Å². The Bertz CT molecular complexity index is 593. The van der Waals surface area contributed by atoms with Crippen molar-refractivity contribution < 1.29 is 8.42 Å². The van der Waals surface area contributed by atoms with Crippen molar-refractivity contribution in [3.63, 3.8) is 0 Å². The zero-order valence-corrected chi connectivity index (χ0v) is 15.3. The summed E-state index contributed by atoms with van der Waals surface area (Å²) in [4.78, 5) is 2.02. The van der Waals surface area contributed by atoms with Crippen LogP contribution in [0.25, 0.3) is 0 Å². The fraction of sp³-hybridized carbons (Fsp3) is 0.571. The summed E-state index contributed by atoms with van der Waals surface area (Å²) in [5.74, 6) is 1.76. The molecule has 0 aliphatic carbocycles. The maximum Gasteiger partial charge on any atom is 0.171 e. The van der Waals surface area contributed by atoms with Gasteiger partial charge in [0, 0.05) is 28.3 Å². The highest BCUT2D eigenvalue weighted by molar-refractivity contribution is 9.10. The quantitative estimate of drug-likeness (QED) is 0.832. The molecular weight excluding hydrogens is 372 g/mol. The molecule has 1 aliphatic heterocycles. The molecule has 0 saturated carbocycles. The van der Waals surface area contributed by atoms with E-state index in [0.717, 1.165) is 34.4 Å². The summed E-state index contributed by atoms with van der Waals surface area (Å²) in [5.41, 5.74) is 7.70. The summed E-state index contributed by atoms with van der Waals surface area (Å²) < 4.78 is 25.6. The fourth-order valence-electron chi connectivity index (χ4n) is 2.45. The standard InChI is InChI=1S/C14H21BrN2O2S2/c1-2-21(18,19)14-10-20-8-7-17(14)13-4-3-11(5-6-16)9-12(13)15/h3-4,9,14H,2,5-8,10,16H2,1H3. The molecule has 0 amide bonds. The first-order chi connectivity index (χ1) is 9.99. The van der Waals surface area contributed by atoms with E-state index in [0.29, 0.717) is 12.3 Å². The van der Waals surface area contributed by atoms with Gasteiger partial charge in [0.1, 0.15) is 5.37 Å². The van der Waals surface area contributed by atoms with Gasteiger partial charge in [0.2, 0.25) is 0 Å². The van der Waals surface area contributed by atoms with Crippen LogP contribution in [0.2, 0.25) is 0 Å². The first-order valence-corrected chi connectivity index (χ1v) is 10.7. The Balaban J connectivity index is 2.34. The van der Waals surface area contributed by atoms with E-state index >= 15 is 0 Å². The number of thioether (sulfide) groups is 1. The topological polar surface area (TPSA) is 63.4 Å². The molecule has 7 heteroatoms. The highest BCUT2D eigenvalue weighted by Gasteiger charge is 2.33. The highest BCUT2D eigenvalue weighted by Crippen LogP contribution is 2.33. The molecule has 1 aliphatic rings. The Morgan fingerprint density at radius 1 is 1.48 bits per heavy atom. The van der Waals surface area contributed by atoms with E-state index in [9.17, 15) is 8.42 Å². The van der Waals surface area contributed by atoms with Crippen LogP contribution in [0, 0.1) is 0 Å². The lowest BCUT2D eigenvalue weighted by Crippen LogP contribution is -2.48. The van der Waals surface area contributed by atoms with Crippen LogP contribution in [0.5, 0.6) is 0 Å². The van der Waals surface area contributed by atoms with Crippen molar-refractivity contribution in [1.29, 1.82) is 0 Å². The Morgan fingerprint density at radius 2 is 2.24 bits per heavy atom. The van der Waals surface area contributed by atoms with Crippen molar-refractivity contribution in [2.24, 2.45) is 5.73 Å². The maximum atomic E-state index is 12.3. The van der Waals surface area contributed by atoms with Gasteiger partial charge in [0.05, 0.1) is 5.69 Å². The first-order valence-electron chi connectivity index (χ1n) is 7.04. The normalized spacial score (nSPS) is 19.8. The third-order valence-corrected chi connectivity index (χ3v) is 7.58. The zero-order chi connectivity index (χ0) is 15.5. The Kier molecular flexibility index (Phi) is 5.99. The average Bonchev–Trinajstić information content (AvgIpc) is 2.48. The second-order valence-electron chi connectivity index (χ2n) is 5.00. The number of sulfone groups is 1. The van der Waals surface area contributed by atoms with E-state index in [4.69, 9.17) is 5.73 Å². The molecule has 21 heavy (non-hydrogen) atoms. The van der Waals surface area contributed by atoms with Crippen molar-refractivity contribution in [2.75, 3.05) is 35.2 Å². The van der Waals surface area contributed by atoms with E-state index in [1.807, 2.05) is 23.1 Å². The number of rotatable bonds is 5. The number of benzene rings is 1. The minimum absolute atomic E-state index is 0.178. The lowest BCUT2D eigenvalue weighted by molar-refractivity contribution is 0.579. The summed E-state index contributed by atoms with van der Waals surface area (Å²) in [6, 6.07) is 6.08. The lowest BCUT2D eigenvalue weighted by Gasteiger charge is -2.37. The number of hydrogen-bond acceptors (Lipinski definition) is 5. The average molecular weight is 393 g/mol. The van der Waals surface area contributed by atoms with Gasteiger partial charge >= 0.3 is 0 Å². The second kappa shape index (κ2) is 7.35. The molecule has 1 aromatic carbocycles. The molecule has 0 aromatic heterocycles. The van der Waals surface area contributed by atoms with Crippen molar-refractivity contribution in [3.05, 3.63) is 28.2 Å². The van der Waals surface area contributed by atoms with Crippen LogP contribution in [0.3, 0.4) is 0 Å². The molecule has 0 spiro atoms. The molecule has 118 valence electrons. The number of halogens is 1. The summed E-state index contributed by atoms with van der Waals surface area (Å²) in [5, 5.41) is -0.432. The molecule has 1 atom stereocenters. The molecule has 1 saturated heterocycles. The Hall–Kier alpha value is -0.240. The molecule has 1 heterocycles. The number of anilines is 1. The van der Waals surface area contributed by atoms with Crippen molar-refractivity contribution in [1.82, 2.24) is 0 Å².